The third-order valence-corrected chi connectivity index (χ3v) is 1.58. The van der Waals surface area contributed by atoms with Gasteiger partial charge in [0.15, 0.2) is 0 Å². The molecule has 0 aromatic rings. The number of nitrogens with zero attached hydrogens (tertiary/aromatic N) is 1. The Labute approximate surface area is 90.9 Å². The topological polar surface area (TPSA) is 62.1 Å². The van der Waals surface area contributed by atoms with E-state index in [0.29, 0.717) is 5.92 Å². The molecule has 0 rings (SSSR count). The van der Waals surface area contributed by atoms with Crippen LogP contribution in [0.2, 0.25) is 0 Å². The van der Waals surface area contributed by atoms with E-state index < -0.39 is 5.97 Å². The number of allylic oxidation sites excluding steroid dienone is 1. The lowest BCUT2D eigenvalue weighted by molar-refractivity contribution is -0.137. The third-order valence-electron chi connectivity index (χ3n) is 1.58. The molecule has 0 heterocycles. The summed E-state index contributed by atoms with van der Waals surface area (Å²) in [6.45, 7) is 6.97. The Morgan fingerprint density at radius 1 is 1.60 bits per heavy atom. The van der Waals surface area contributed by atoms with Gasteiger partial charge in [-0.15, -0.1) is 0 Å². The van der Waals surface area contributed by atoms with E-state index in [4.69, 9.17) is 10.00 Å². The molecule has 0 aromatic carbocycles. The number of nitriles is 1. The highest BCUT2D eigenvalue weighted by Gasteiger charge is 1.99. The molecular formula is C11H18N2O2. The minimum atomic E-state index is -0.404. The Hall–Kier alpha value is -1.50. The quantitative estimate of drug-likeness (QED) is 0.411. The summed E-state index contributed by atoms with van der Waals surface area (Å²) in [5.41, 5.74) is 0.783. The van der Waals surface area contributed by atoms with Crippen molar-refractivity contribution in [3.05, 3.63) is 11.8 Å². The van der Waals surface area contributed by atoms with E-state index in [9.17, 15) is 4.79 Å². The zero-order valence-corrected chi connectivity index (χ0v) is 9.54. The van der Waals surface area contributed by atoms with E-state index in [1.54, 1.807) is 0 Å². The highest BCUT2D eigenvalue weighted by molar-refractivity contribution is 5.82. The normalized spacial score (nSPS) is 11.0. The maximum absolute atomic E-state index is 11.1. The van der Waals surface area contributed by atoms with Gasteiger partial charge in [-0.25, -0.2) is 4.79 Å². The van der Waals surface area contributed by atoms with E-state index >= 15 is 0 Å². The predicted molar refractivity (Wildman–Crippen MR) is 57.8 cm³/mol. The summed E-state index contributed by atoms with van der Waals surface area (Å²) in [5.74, 6) is 0.127. The number of nitrogens with one attached hydrogen (secondary N) is 1. The predicted octanol–water partition coefficient (Wildman–Crippen LogP) is 1.59. The minimum absolute atomic E-state index is 0.156. The molecule has 4 heteroatoms. The molecule has 0 spiro atoms. The van der Waals surface area contributed by atoms with E-state index in [-0.39, 0.29) is 13.0 Å². The van der Waals surface area contributed by atoms with E-state index in [2.05, 4.69) is 19.2 Å². The molecule has 0 amide bonds. The van der Waals surface area contributed by atoms with Gasteiger partial charge in [0.2, 0.25) is 0 Å². The lowest BCUT2D eigenvalue weighted by Crippen LogP contribution is -2.18. The summed E-state index contributed by atoms with van der Waals surface area (Å²) >= 11 is 0. The van der Waals surface area contributed by atoms with E-state index in [1.165, 1.54) is 6.08 Å². The molecule has 0 atom stereocenters. The van der Waals surface area contributed by atoms with Crippen LogP contribution in [0.5, 0.6) is 0 Å². The molecule has 0 saturated carbocycles. The molecule has 0 aliphatic heterocycles. The maximum atomic E-state index is 11.1. The van der Waals surface area contributed by atoms with Gasteiger partial charge in [0.25, 0.3) is 0 Å². The van der Waals surface area contributed by atoms with Crippen molar-refractivity contribution in [1.29, 1.82) is 5.26 Å². The average molecular weight is 210 g/mol. The Kier molecular flexibility index (Phi) is 7.08. The van der Waals surface area contributed by atoms with Crippen molar-refractivity contribution in [2.75, 3.05) is 13.2 Å². The van der Waals surface area contributed by atoms with Crippen molar-refractivity contribution in [1.82, 2.24) is 5.32 Å². The van der Waals surface area contributed by atoms with Crippen LogP contribution in [0.4, 0.5) is 0 Å². The first kappa shape index (κ1) is 13.5. The van der Waals surface area contributed by atoms with Crippen LogP contribution in [0, 0.1) is 17.2 Å². The molecule has 0 aromatic heterocycles. The van der Waals surface area contributed by atoms with Crippen molar-refractivity contribution in [2.45, 2.75) is 27.2 Å². The second-order valence-corrected chi connectivity index (χ2v) is 3.68. The van der Waals surface area contributed by atoms with Crippen LogP contribution < -0.4 is 5.32 Å². The lowest BCUT2D eigenvalue weighted by atomic mass is 10.2. The average Bonchev–Trinajstić information content (AvgIpc) is 2.15. The van der Waals surface area contributed by atoms with Gasteiger partial charge in [-0.3, -0.25) is 0 Å². The molecule has 0 fully saturated rings. The van der Waals surface area contributed by atoms with Crippen molar-refractivity contribution in [2.24, 2.45) is 5.92 Å². The highest BCUT2D eigenvalue weighted by atomic mass is 16.5. The molecule has 4 nitrogen and oxygen atoms in total. The number of rotatable bonds is 6. The zero-order valence-electron chi connectivity index (χ0n) is 9.54. The minimum Gasteiger partial charge on any atom is -0.461 e. The Morgan fingerprint density at radius 2 is 2.27 bits per heavy atom. The van der Waals surface area contributed by atoms with Crippen LogP contribution in [0.25, 0.3) is 0 Å². The lowest BCUT2D eigenvalue weighted by Gasteiger charge is -2.08. The summed E-state index contributed by atoms with van der Waals surface area (Å²) in [7, 11) is 0. The van der Waals surface area contributed by atoms with Crippen molar-refractivity contribution < 1.29 is 9.53 Å². The molecule has 0 aliphatic carbocycles. The molecule has 0 saturated heterocycles. The van der Waals surface area contributed by atoms with Gasteiger partial charge >= 0.3 is 5.97 Å². The number of carbonyl (C=O) groups excluding carboxylic acids is 1. The highest BCUT2D eigenvalue weighted by Crippen LogP contribution is 1.94. The first-order valence-electron chi connectivity index (χ1n) is 5.02. The molecule has 0 bridgehead atoms. The van der Waals surface area contributed by atoms with Crippen LogP contribution in [0.3, 0.4) is 0 Å². The van der Waals surface area contributed by atoms with Gasteiger partial charge in [-0.2, -0.15) is 5.26 Å². The Bertz CT molecular complexity index is 264. The fraction of sp³-hybridized carbons (Fsp3) is 0.636. The molecule has 0 radical (unpaired) electrons. The van der Waals surface area contributed by atoms with Crippen molar-refractivity contribution in [3.63, 3.8) is 0 Å². The largest absolute Gasteiger partial charge is 0.461 e. The smallest absolute Gasteiger partial charge is 0.332 e. The molecule has 84 valence electrons. The number of hydrogen-bond acceptors (Lipinski definition) is 4. The number of hydrogen-bond donors (Lipinski definition) is 1. The van der Waals surface area contributed by atoms with Gasteiger partial charge in [-0.05, 0) is 12.8 Å². The second-order valence-electron chi connectivity index (χ2n) is 3.68. The van der Waals surface area contributed by atoms with Crippen LogP contribution >= 0.6 is 0 Å². The fourth-order valence-electron chi connectivity index (χ4n) is 0.832. The molecule has 1 N–H and O–H groups in total. The zero-order chi connectivity index (χ0) is 11.7. The first-order chi connectivity index (χ1) is 7.06. The summed E-state index contributed by atoms with van der Waals surface area (Å²) in [6.07, 6.45) is 1.64. The van der Waals surface area contributed by atoms with Gasteiger partial charge in [-0.1, -0.05) is 13.8 Å². The van der Waals surface area contributed by atoms with Crippen LogP contribution in [-0.4, -0.2) is 19.1 Å². The monoisotopic (exact) mass is 210 g/mol. The number of carbonyl (C=O) groups is 1. The van der Waals surface area contributed by atoms with Gasteiger partial charge in [0.1, 0.15) is 6.61 Å². The summed E-state index contributed by atoms with van der Waals surface area (Å²) < 4.78 is 4.78. The fourth-order valence-corrected chi connectivity index (χ4v) is 0.832. The molecule has 15 heavy (non-hydrogen) atoms. The second kappa shape index (κ2) is 7.86. The molecule has 0 aliphatic rings. The van der Waals surface area contributed by atoms with Crippen molar-refractivity contribution >= 4 is 5.97 Å². The Morgan fingerprint density at radius 3 is 2.80 bits per heavy atom. The molecule has 0 unspecified atom stereocenters. The Balaban J connectivity index is 3.80. The van der Waals surface area contributed by atoms with Crippen LogP contribution in [-0.2, 0) is 9.53 Å². The number of esters is 1. The summed E-state index contributed by atoms with van der Waals surface area (Å²) in [5, 5.41) is 11.3. The van der Waals surface area contributed by atoms with E-state index in [1.807, 2.05) is 13.0 Å². The standard InChI is InChI=1S/C11H18N2O2/c1-9(2)8-13-10(3)7-11(14)15-6-4-5-12/h7,9,13H,4,6,8H2,1-3H3/b10-7-. The van der Waals surface area contributed by atoms with Gasteiger partial charge < -0.3 is 10.1 Å². The summed E-state index contributed by atoms with van der Waals surface area (Å²) in [6, 6.07) is 1.90. The van der Waals surface area contributed by atoms with Crippen LogP contribution in [0.1, 0.15) is 27.2 Å². The SMILES string of the molecule is C/C(=C/C(=O)OCCC#N)NCC(C)C. The number of ether oxygens (including phenoxy) is 1. The first-order valence-corrected chi connectivity index (χ1v) is 5.02. The van der Waals surface area contributed by atoms with Crippen molar-refractivity contribution in [3.8, 4) is 6.07 Å². The van der Waals surface area contributed by atoms with Gasteiger partial charge in [0, 0.05) is 18.3 Å². The molecular weight excluding hydrogens is 192 g/mol. The maximum Gasteiger partial charge on any atom is 0.332 e. The third kappa shape index (κ3) is 8.82. The van der Waals surface area contributed by atoms with Crippen LogP contribution in [0.15, 0.2) is 11.8 Å². The van der Waals surface area contributed by atoms with Gasteiger partial charge in [0.05, 0.1) is 12.5 Å². The summed E-state index contributed by atoms with van der Waals surface area (Å²) in [4.78, 5) is 11.1. The van der Waals surface area contributed by atoms with E-state index in [0.717, 1.165) is 12.2 Å².